The number of carboxylic acids is 1. The Bertz CT molecular complexity index is 596. The smallest absolute Gasteiger partial charge is 0.305 e. The van der Waals surface area contributed by atoms with E-state index in [1.54, 1.807) is 0 Å². The Kier molecular flexibility index (Phi) is 3.83. The summed E-state index contributed by atoms with van der Waals surface area (Å²) in [7, 11) is 0. The van der Waals surface area contributed by atoms with Crippen LogP contribution >= 0.6 is 0 Å². The summed E-state index contributed by atoms with van der Waals surface area (Å²) >= 11 is 0. The maximum atomic E-state index is 10.6. The van der Waals surface area contributed by atoms with Gasteiger partial charge < -0.3 is 5.11 Å². The van der Waals surface area contributed by atoms with Crippen LogP contribution < -0.4 is 0 Å². The highest BCUT2D eigenvalue weighted by Gasteiger charge is 2.15. The molecule has 0 aliphatic rings. The Labute approximate surface area is 117 Å². The van der Waals surface area contributed by atoms with Crippen LogP contribution in [0.1, 0.15) is 32.8 Å². The molecule has 0 aliphatic carbocycles. The minimum absolute atomic E-state index is 0.00187. The van der Waals surface area contributed by atoms with Crippen molar-refractivity contribution in [3.8, 4) is 11.4 Å². The van der Waals surface area contributed by atoms with E-state index in [2.05, 4.69) is 36.3 Å². The molecule has 0 bridgehead atoms. The SMILES string of the molecule is CC(C)(C)c1ccc(-c2nnnn2CCC(=O)O)cc1. The highest BCUT2D eigenvalue weighted by atomic mass is 16.4. The Morgan fingerprint density at radius 3 is 2.45 bits per heavy atom. The minimum atomic E-state index is -0.866. The second kappa shape index (κ2) is 5.40. The number of carboxylic acid groups (broad SMARTS) is 1. The zero-order valence-electron chi connectivity index (χ0n) is 11.9. The Morgan fingerprint density at radius 2 is 1.90 bits per heavy atom. The van der Waals surface area contributed by atoms with Crippen LogP contribution in [0.4, 0.5) is 0 Å². The summed E-state index contributed by atoms with van der Waals surface area (Å²) in [5.41, 5.74) is 2.20. The van der Waals surface area contributed by atoms with Crippen molar-refractivity contribution in [3.63, 3.8) is 0 Å². The van der Waals surface area contributed by atoms with E-state index in [4.69, 9.17) is 5.11 Å². The fourth-order valence-corrected chi connectivity index (χ4v) is 1.88. The van der Waals surface area contributed by atoms with Crippen molar-refractivity contribution in [1.29, 1.82) is 0 Å². The molecule has 0 amide bonds. The number of tetrazole rings is 1. The van der Waals surface area contributed by atoms with Gasteiger partial charge in [0, 0.05) is 5.56 Å². The lowest BCUT2D eigenvalue weighted by Crippen LogP contribution is -2.11. The van der Waals surface area contributed by atoms with Crippen molar-refractivity contribution >= 4 is 5.97 Å². The molecule has 0 fully saturated rings. The van der Waals surface area contributed by atoms with E-state index in [9.17, 15) is 4.79 Å². The van der Waals surface area contributed by atoms with Gasteiger partial charge in [0.2, 0.25) is 0 Å². The molecule has 20 heavy (non-hydrogen) atoms. The lowest BCUT2D eigenvalue weighted by Gasteiger charge is -2.19. The van der Waals surface area contributed by atoms with Crippen molar-refractivity contribution < 1.29 is 9.90 Å². The van der Waals surface area contributed by atoms with Crippen molar-refractivity contribution in [2.75, 3.05) is 0 Å². The van der Waals surface area contributed by atoms with Crippen LogP contribution in [0.5, 0.6) is 0 Å². The Balaban J connectivity index is 2.24. The van der Waals surface area contributed by atoms with Gasteiger partial charge in [-0.2, -0.15) is 0 Å². The highest BCUT2D eigenvalue weighted by Crippen LogP contribution is 2.25. The van der Waals surface area contributed by atoms with Crippen LogP contribution in [0, 0.1) is 0 Å². The monoisotopic (exact) mass is 274 g/mol. The Morgan fingerprint density at radius 1 is 1.25 bits per heavy atom. The molecule has 0 unspecified atom stereocenters. The van der Waals surface area contributed by atoms with Gasteiger partial charge in [-0.1, -0.05) is 45.0 Å². The van der Waals surface area contributed by atoms with Gasteiger partial charge >= 0.3 is 5.97 Å². The average molecular weight is 274 g/mol. The van der Waals surface area contributed by atoms with Gasteiger partial charge in [-0.15, -0.1) is 5.10 Å². The molecule has 1 aromatic heterocycles. The second-order valence-corrected chi connectivity index (χ2v) is 5.70. The third kappa shape index (κ3) is 3.20. The predicted octanol–water partition coefficient (Wildman–Crippen LogP) is 2.11. The first-order valence-electron chi connectivity index (χ1n) is 6.47. The van der Waals surface area contributed by atoms with Gasteiger partial charge in [-0.05, 0) is 21.4 Å². The standard InChI is InChI=1S/C14H18N4O2/c1-14(2,3)11-6-4-10(5-7-11)13-15-16-17-18(13)9-8-12(19)20/h4-7H,8-9H2,1-3H3,(H,19,20). The van der Waals surface area contributed by atoms with Gasteiger partial charge in [-0.25, -0.2) is 4.68 Å². The summed E-state index contributed by atoms with van der Waals surface area (Å²) in [6.07, 6.45) is -0.00187. The lowest BCUT2D eigenvalue weighted by atomic mass is 9.87. The maximum Gasteiger partial charge on any atom is 0.305 e. The molecular weight excluding hydrogens is 256 g/mol. The predicted molar refractivity (Wildman–Crippen MR) is 74.2 cm³/mol. The number of hydrogen-bond acceptors (Lipinski definition) is 4. The number of carbonyl (C=O) groups is 1. The van der Waals surface area contributed by atoms with Gasteiger partial charge in [0.05, 0.1) is 13.0 Å². The summed E-state index contributed by atoms with van der Waals surface area (Å²) in [6, 6.07) is 8.02. The van der Waals surface area contributed by atoms with Gasteiger partial charge in [0.15, 0.2) is 5.82 Å². The van der Waals surface area contributed by atoms with Crippen LogP contribution in [-0.4, -0.2) is 31.3 Å². The largest absolute Gasteiger partial charge is 0.481 e. The highest BCUT2D eigenvalue weighted by molar-refractivity contribution is 5.66. The van der Waals surface area contributed by atoms with E-state index < -0.39 is 5.97 Å². The number of aryl methyl sites for hydroxylation is 1. The van der Waals surface area contributed by atoms with Crippen molar-refractivity contribution in [2.24, 2.45) is 0 Å². The van der Waals surface area contributed by atoms with Crippen LogP contribution in [0.15, 0.2) is 24.3 Å². The van der Waals surface area contributed by atoms with E-state index in [0.29, 0.717) is 5.82 Å². The molecule has 0 aliphatic heterocycles. The van der Waals surface area contributed by atoms with E-state index in [1.807, 2.05) is 24.3 Å². The van der Waals surface area contributed by atoms with Crippen molar-refractivity contribution in [3.05, 3.63) is 29.8 Å². The molecule has 0 radical (unpaired) electrons. The summed E-state index contributed by atoms with van der Waals surface area (Å²) in [5, 5.41) is 20.1. The quantitative estimate of drug-likeness (QED) is 0.923. The molecular formula is C14H18N4O2. The molecule has 1 N–H and O–H groups in total. The number of rotatable bonds is 4. The fraction of sp³-hybridized carbons (Fsp3) is 0.429. The lowest BCUT2D eigenvalue weighted by molar-refractivity contribution is -0.137. The molecule has 0 saturated heterocycles. The molecule has 2 aromatic rings. The van der Waals surface area contributed by atoms with Gasteiger partial charge in [0.1, 0.15) is 0 Å². The molecule has 1 heterocycles. The third-order valence-corrected chi connectivity index (χ3v) is 3.08. The number of nitrogens with zero attached hydrogens (tertiary/aromatic N) is 4. The van der Waals surface area contributed by atoms with Gasteiger partial charge in [-0.3, -0.25) is 4.79 Å². The molecule has 106 valence electrons. The average Bonchev–Trinajstić information content (AvgIpc) is 2.83. The summed E-state index contributed by atoms with van der Waals surface area (Å²) < 4.78 is 1.51. The normalized spacial score (nSPS) is 11.6. The second-order valence-electron chi connectivity index (χ2n) is 5.70. The summed E-state index contributed by atoms with van der Waals surface area (Å²) in [4.78, 5) is 10.6. The number of aliphatic carboxylic acids is 1. The first kappa shape index (κ1) is 14.2. The molecule has 6 nitrogen and oxygen atoms in total. The molecule has 0 spiro atoms. The zero-order chi connectivity index (χ0) is 14.8. The van der Waals surface area contributed by atoms with E-state index in [-0.39, 0.29) is 18.4 Å². The molecule has 0 atom stereocenters. The molecule has 0 saturated carbocycles. The summed E-state index contributed by atoms with van der Waals surface area (Å²) in [6.45, 7) is 6.72. The van der Waals surface area contributed by atoms with E-state index in [0.717, 1.165) is 5.56 Å². The molecule has 2 rings (SSSR count). The molecule has 1 aromatic carbocycles. The van der Waals surface area contributed by atoms with Crippen LogP contribution in [0.25, 0.3) is 11.4 Å². The van der Waals surface area contributed by atoms with E-state index in [1.165, 1.54) is 10.2 Å². The fourth-order valence-electron chi connectivity index (χ4n) is 1.88. The Hall–Kier alpha value is -2.24. The molecule has 6 heteroatoms. The number of hydrogen-bond donors (Lipinski definition) is 1. The minimum Gasteiger partial charge on any atom is -0.481 e. The van der Waals surface area contributed by atoms with Crippen LogP contribution in [0.2, 0.25) is 0 Å². The van der Waals surface area contributed by atoms with Crippen LogP contribution in [0.3, 0.4) is 0 Å². The third-order valence-electron chi connectivity index (χ3n) is 3.08. The van der Waals surface area contributed by atoms with Crippen LogP contribution in [-0.2, 0) is 16.8 Å². The topological polar surface area (TPSA) is 80.9 Å². The number of aromatic nitrogens is 4. The first-order valence-corrected chi connectivity index (χ1v) is 6.47. The summed E-state index contributed by atoms with van der Waals surface area (Å²) in [5.74, 6) is -0.277. The van der Waals surface area contributed by atoms with Gasteiger partial charge in [0.25, 0.3) is 0 Å². The van der Waals surface area contributed by atoms with Crippen molar-refractivity contribution in [2.45, 2.75) is 39.2 Å². The number of benzene rings is 1. The van der Waals surface area contributed by atoms with Crippen molar-refractivity contribution in [1.82, 2.24) is 20.2 Å². The zero-order valence-corrected chi connectivity index (χ0v) is 11.9. The first-order chi connectivity index (χ1) is 9.38. The van der Waals surface area contributed by atoms with E-state index >= 15 is 0 Å². The maximum absolute atomic E-state index is 10.6.